The Balaban J connectivity index is 1.90. The van der Waals surface area contributed by atoms with Crippen LogP contribution in [0, 0.1) is 0 Å². The van der Waals surface area contributed by atoms with Gasteiger partial charge in [0.05, 0.1) is 0 Å². The van der Waals surface area contributed by atoms with Crippen molar-refractivity contribution >= 4 is 22.0 Å². The molecule has 1 aliphatic carbocycles. The van der Waals surface area contributed by atoms with E-state index in [-0.39, 0.29) is 0 Å². The van der Waals surface area contributed by atoms with Crippen LogP contribution in [-0.2, 0) is 12.8 Å². The van der Waals surface area contributed by atoms with E-state index in [9.17, 15) is 0 Å². The molecule has 1 heteroatoms. The first-order chi connectivity index (χ1) is 10.2. The molecule has 0 saturated carbocycles. The standard InChI is InChI=1S/C20H21Br/c1-3-4-5-15-6-8-16(9-7-15)17-12-18-10-14(2)11-19(18)20(21)13-17/h6-10,12-13H,3-5,11H2,1-2H3. The fraction of sp³-hybridized carbons (Fsp3) is 0.300. The molecule has 3 rings (SSSR count). The van der Waals surface area contributed by atoms with Crippen molar-refractivity contribution < 1.29 is 0 Å². The zero-order valence-electron chi connectivity index (χ0n) is 12.7. The van der Waals surface area contributed by atoms with Gasteiger partial charge in [0.2, 0.25) is 0 Å². The van der Waals surface area contributed by atoms with E-state index in [1.165, 1.54) is 57.1 Å². The molecule has 0 saturated heterocycles. The molecule has 0 aromatic heterocycles. The second kappa shape index (κ2) is 6.19. The molecule has 108 valence electrons. The molecule has 0 N–H and O–H groups in total. The van der Waals surface area contributed by atoms with E-state index in [0.717, 1.165) is 6.42 Å². The average Bonchev–Trinajstić information content (AvgIpc) is 2.86. The molecule has 0 unspecified atom stereocenters. The lowest BCUT2D eigenvalue weighted by Gasteiger charge is -2.09. The fourth-order valence-corrected chi connectivity index (χ4v) is 3.60. The quantitative estimate of drug-likeness (QED) is 0.602. The van der Waals surface area contributed by atoms with Crippen molar-refractivity contribution in [3.63, 3.8) is 0 Å². The molecule has 0 heterocycles. The second-order valence-electron chi connectivity index (χ2n) is 5.99. The first-order valence-electron chi connectivity index (χ1n) is 7.76. The third kappa shape index (κ3) is 3.13. The number of halogens is 1. The normalized spacial score (nSPS) is 13.2. The first kappa shape index (κ1) is 14.6. The molecular formula is C20H21Br. The maximum absolute atomic E-state index is 3.74. The average molecular weight is 341 g/mol. The van der Waals surface area contributed by atoms with Crippen LogP contribution in [0.15, 0.2) is 46.4 Å². The van der Waals surface area contributed by atoms with Crippen LogP contribution in [0.2, 0.25) is 0 Å². The molecule has 0 nitrogen and oxygen atoms in total. The summed E-state index contributed by atoms with van der Waals surface area (Å²) in [7, 11) is 0. The highest BCUT2D eigenvalue weighted by Crippen LogP contribution is 2.35. The molecule has 0 bridgehead atoms. The van der Waals surface area contributed by atoms with E-state index in [1.807, 2.05) is 0 Å². The van der Waals surface area contributed by atoms with Crippen LogP contribution in [0.1, 0.15) is 43.4 Å². The maximum Gasteiger partial charge on any atom is 0.0222 e. The Kier molecular flexibility index (Phi) is 4.30. The topological polar surface area (TPSA) is 0 Å². The molecule has 0 aliphatic heterocycles. The van der Waals surface area contributed by atoms with Gasteiger partial charge in [0.15, 0.2) is 0 Å². The van der Waals surface area contributed by atoms with Gasteiger partial charge >= 0.3 is 0 Å². The van der Waals surface area contributed by atoms with E-state index in [0.29, 0.717) is 0 Å². The van der Waals surface area contributed by atoms with Crippen molar-refractivity contribution in [2.24, 2.45) is 0 Å². The Morgan fingerprint density at radius 2 is 1.81 bits per heavy atom. The molecule has 0 amide bonds. The summed E-state index contributed by atoms with van der Waals surface area (Å²) in [5.41, 5.74) is 8.28. The van der Waals surface area contributed by atoms with Crippen molar-refractivity contribution in [1.82, 2.24) is 0 Å². The Hall–Kier alpha value is -1.34. The summed E-state index contributed by atoms with van der Waals surface area (Å²) < 4.78 is 1.23. The number of benzene rings is 2. The van der Waals surface area contributed by atoms with Crippen molar-refractivity contribution in [2.75, 3.05) is 0 Å². The van der Waals surface area contributed by atoms with Gasteiger partial charge in [-0.1, -0.05) is 65.2 Å². The highest BCUT2D eigenvalue weighted by atomic mass is 79.9. The van der Waals surface area contributed by atoms with E-state index in [1.54, 1.807) is 0 Å². The van der Waals surface area contributed by atoms with E-state index in [2.05, 4.69) is 72.3 Å². The summed E-state index contributed by atoms with van der Waals surface area (Å²) in [6.45, 7) is 4.45. The Labute approximate surface area is 136 Å². The third-order valence-electron chi connectivity index (χ3n) is 4.19. The minimum absolute atomic E-state index is 1.08. The lowest BCUT2D eigenvalue weighted by Crippen LogP contribution is -1.89. The number of hydrogen-bond donors (Lipinski definition) is 0. The highest BCUT2D eigenvalue weighted by Gasteiger charge is 2.14. The van der Waals surface area contributed by atoms with Gasteiger partial charge in [-0.15, -0.1) is 0 Å². The molecule has 0 fully saturated rings. The third-order valence-corrected chi connectivity index (χ3v) is 4.90. The SMILES string of the molecule is CCCCc1ccc(-c2cc(Br)c3c(c2)C=C(C)C3)cc1. The Bertz CT molecular complexity index is 678. The molecule has 0 atom stereocenters. The molecule has 0 radical (unpaired) electrons. The van der Waals surface area contributed by atoms with Gasteiger partial charge in [-0.3, -0.25) is 0 Å². The van der Waals surface area contributed by atoms with Gasteiger partial charge in [0, 0.05) is 4.47 Å². The maximum atomic E-state index is 3.74. The van der Waals surface area contributed by atoms with Crippen molar-refractivity contribution in [1.29, 1.82) is 0 Å². The van der Waals surface area contributed by atoms with E-state index < -0.39 is 0 Å². The van der Waals surface area contributed by atoms with Crippen LogP contribution < -0.4 is 0 Å². The minimum atomic E-state index is 1.08. The number of unbranched alkanes of at least 4 members (excludes halogenated alkanes) is 1. The smallest absolute Gasteiger partial charge is 0.0222 e. The number of rotatable bonds is 4. The summed E-state index contributed by atoms with van der Waals surface area (Å²) in [5, 5.41) is 0. The summed E-state index contributed by atoms with van der Waals surface area (Å²) in [6.07, 6.45) is 7.09. The Morgan fingerprint density at radius 3 is 2.52 bits per heavy atom. The van der Waals surface area contributed by atoms with Crippen LogP contribution >= 0.6 is 15.9 Å². The second-order valence-corrected chi connectivity index (χ2v) is 6.85. The summed E-state index contributed by atoms with van der Waals surface area (Å²) in [6, 6.07) is 13.6. The molecular weight excluding hydrogens is 320 g/mol. The molecule has 0 spiro atoms. The number of fused-ring (bicyclic) bond motifs is 1. The van der Waals surface area contributed by atoms with Crippen molar-refractivity contribution in [3.8, 4) is 11.1 Å². The number of allylic oxidation sites excluding steroid dienone is 1. The zero-order chi connectivity index (χ0) is 14.8. The van der Waals surface area contributed by atoms with Crippen molar-refractivity contribution in [3.05, 3.63) is 63.1 Å². The summed E-state index contributed by atoms with van der Waals surface area (Å²) in [4.78, 5) is 0. The molecule has 1 aliphatic rings. The predicted octanol–water partition coefficient (Wildman–Crippen LogP) is 6.42. The summed E-state index contributed by atoms with van der Waals surface area (Å²) in [5.74, 6) is 0. The highest BCUT2D eigenvalue weighted by molar-refractivity contribution is 9.10. The first-order valence-corrected chi connectivity index (χ1v) is 8.55. The van der Waals surface area contributed by atoms with E-state index >= 15 is 0 Å². The van der Waals surface area contributed by atoms with E-state index in [4.69, 9.17) is 0 Å². The van der Waals surface area contributed by atoms with Gasteiger partial charge in [-0.05, 0) is 66.1 Å². The molecule has 2 aromatic carbocycles. The largest absolute Gasteiger partial charge is 0.0683 e. The zero-order valence-corrected chi connectivity index (χ0v) is 14.3. The van der Waals surface area contributed by atoms with Gasteiger partial charge in [0.25, 0.3) is 0 Å². The molecule has 2 aromatic rings. The lowest BCUT2D eigenvalue weighted by molar-refractivity contribution is 0.795. The van der Waals surface area contributed by atoms with Crippen LogP contribution in [0.3, 0.4) is 0 Å². The van der Waals surface area contributed by atoms with Gasteiger partial charge in [-0.2, -0.15) is 0 Å². The number of hydrogen-bond acceptors (Lipinski definition) is 0. The van der Waals surface area contributed by atoms with Gasteiger partial charge in [-0.25, -0.2) is 0 Å². The van der Waals surface area contributed by atoms with Crippen LogP contribution in [0.25, 0.3) is 17.2 Å². The van der Waals surface area contributed by atoms with Gasteiger partial charge in [0.1, 0.15) is 0 Å². The van der Waals surface area contributed by atoms with Crippen LogP contribution in [0.4, 0.5) is 0 Å². The fourth-order valence-electron chi connectivity index (χ4n) is 2.98. The molecule has 21 heavy (non-hydrogen) atoms. The van der Waals surface area contributed by atoms with Crippen LogP contribution in [0.5, 0.6) is 0 Å². The minimum Gasteiger partial charge on any atom is -0.0683 e. The predicted molar refractivity (Wildman–Crippen MR) is 95.5 cm³/mol. The van der Waals surface area contributed by atoms with Crippen molar-refractivity contribution in [2.45, 2.75) is 39.5 Å². The van der Waals surface area contributed by atoms with Crippen LogP contribution in [-0.4, -0.2) is 0 Å². The Morgan fingerprint density at radius 1 is 1.05 bits per heavy atom. The van der Waals surface area contributed by atoms with Gasteiger partial charge < -0.3 is 0 Å². The monoisotopic (exact) mass is 340 g/mol. The number of aryl methyl sites for hydroxylation is 1. The lowest BCUT2D eigenvalue weighted by atomic mass is 9.98. The summed E-state index contributed by atoms with van der Waals surface area (Å²) >= 11 is 3.74.